The first-order valence-electron chi connectivity index (χ1n) is 13.0. The lowest BCUT2D eigenvalue weighted by Gasteiger charge is -2.41. The van der Waals surface area contributed by atoms with Crippen molar-refractivity contribution in [3.8, 4) is 0 Å². The minimum atomic E-state index is -4.77. The van der Waals surface area contributed by atoms with Gasteiger partial charge < -0.3 is 65.1 Å². The zero-order valence-corrected chi connectivity index (χ0v) is 22.1. The molecule has 16 nitrogen and oxygen atoms in total. The van der Waals surface area contributed by atoms with Crippen LogP contribution in [0.3, 0.4) is 0 Å². The Morgan fingerprint density at radius 2 is 1.28 bits per heavy atom. The number of halogens is 3. The summed E-state index contributed by atoms with van der Waals surface area (Å²) < 4.78 is 61.2. The summed E-state index contributed by atoms with van der Waals surface area (Å²) in [5.41, 5.74) is -3.11. The lowest BCUT2D eigenvalue weighted by Crippen LogP contribution is -2.61. The third-order valence-electron chi connectivity index (χ3n) is 7.24. The molecule has 0 aliphatic carbocycles. The zero-order chi connectivity index (χ0) is 31.7. The van der Waals surface area contributed by atoms with Gasteiger partial charge in [0.25, 0.3) is 5.91 Å². The van der Waals surface area contributed by atoms with E-state index in [1.54, 1.807) is 0 Å². The van der Waals surface area contributed by atoms with Gasteiger partial charge in [0.15, 0.2) is 12.6 Å². The number of ether oxygens (including phenoxy) is 4. The molecule has 1 amide bonds. The molecule has 3 aliphatic rings. The Hall–Kier alpha value is -2.40. The van der Waals surface area contributed by atoms with Crippen LogP contribution in [0.25, 0.3) is 0 Å². The highest BCUT2D eigenvalue weighted by Crippen LogP contribution is 2.52. The highest BCUT2D eigenvalue weighted by molar-refractivity contribution is 5.94. The van der Waals surface area contributed by atoms with Gasteiger partial charge in [0, 0.05) is 11.1 Å². The van der Waals surface area contributed by atoms with Crippen LogP contribution in [0.15, 0.2) is 34.5 Å². The summed E-state index contributed by atoms with van der Waals surface area (Å²) in [4.78, 5) is 13.0. The minimum absolute atomic E-state index is 0.104. The maximum Gasteiger partial charge on any atom is 0.442 e. The van der Waals surface area contributed by atoms with Gasteiger partial charge in [-0.2, -0.15) is 13.2 Å². The van der Waals surface area contributed by atoms with Crippen molar-refractivity contribution in [1.29, 1.82) is 0 Å². The Morgan fingerprint density at radius 3 is 1.65 bits per heavy atom. The zero-order valence-electron chi connectivity index (χ0n) is 22.1. The van der Waals surface area contributed by atoms with Crippen LogP contribution >= 0.6 is 0 Å². The summed E-state index contributed by atoms with van der Waals surface area (Å²) in [7, 11) is 0. The Morgan fingerprint density at radius 1 is 0.837 bits per heavy atom. The third-order valence-corrected chi connectivity index (χ3v) is 7.24. The molecular formula is C24H32F3N3O13. The molecule has 10 atom stereocenters. The fraction of sp³-hybridized carbons (Fsp3) is 0.708. The van der Waals surface area contributed by atoms with E-state index in [2.05, 4.69) is 15.5 Å². The first-order valence-corrected chi connectivity index (χ1v) is 13.0. The van der Waals surface area contributed by atoms with E-state index in [9.17, 15) is 58.8 Å². The normalized spacial score (nSPS) is 35.6. The average molecular weight is 628 g/mol. The van der Waals surface area contributed by atoms with Crippen molar-refractivity contribution in [3.05, 3.63) is 35.4 Å². The molecule has 4 rings (SSSR count). The Bertz CT molecular complexity index is 1080. The van der Waals surface area contributed by atoms with Crippen LogP contribution in [0.4, 0.5) is 13.2 Å². The van der Waals surface area contributed by atoms with Gasteiger partial charge in [0.1, 0.15) is 48.8 Å². The van der Waals surface area contributed by atoms with Crippen molar-refractivity contribution in [2.45, 2.75) is 79.3 Å². The van der Waals surface area contributed by atoms with Crippen LogP contribution in [0.2, 0.25) is 0 Å². The van der Waals surface area contributed by atoms with Crippen LogP contribution in [-0.4, -0.2) is 147 Å². The second-order valence-corrected chi connectivity index (χ2v) is 10.2. The first-order chi connectivity index (χ1) is 20.2. The molecule has 1 aromatic rings. The van der Waals surface area contributed by atoms with Crippen molar-refractivity contribution in [1.82, 2.24) is 5.32 Å². The molecule has 0 saturated carbocycles. The van der Waals surface area contributed by atoms with Crippen LogP contribution in [0.5, 0.6) is 0 Å². The van der Waals surface area contributed by atoms with Crippen LogP contribution < -0.4 is 5.32 Å². The highest BCUT2D eigenvalue weighted by Gasteiger charge is 2.65. The number of carbonyl (C=O) groups excluding carboxylic acids is 1. The van der Waals surface area contributed by atoms with Gasteiger partial charge in [-0.3, -0.25) is 4.79 Å². The van der Waals surface area contributed by atoms with E-state index in [1.807, 2.05) is 0 Å². The lowest BCUT2D eigenvalue weighted by molar-refractivity contribution is -0.299. The third kappa shape index (κ3) is 6.97. The molecule has 43 heavy (non-hydrogen) atoms. The van der Waals surface area contributed by atoms with Gasteiger partial charge in [-0.1, -0.05) is 12.1 Å². The van der Waals surface area contributed by atoms with Gasteiger partial charge in [-0.25, -0.2) is 0 Å². The topological polar surface area (TPSA) is 253 Å². The smallest absolute Gasteiger partial charge is 0.394 e. The predicted octanol–water partition coefficient (Wildman–Crippen LogP) is -3.40. The van der Waals surface area contributed by atoms with E-state index in [1.165, 1.54) is 0 Å². The van der Waals surface area contributed by atoms with Crippen molar-refractivity contribution in [2.24, 2.45) is 10.2 Å². The molecule has 3 aliphatic heterocycles. The second-order valence-electron chi connectivity index (χ2n) is 10.2. The standard InChI is InChI=1S/C24H32F3N3O13/c25-24(26,27)23(29-30-23)10-3-1-9(2-4-10)20(37)28-11(7-40-18-12(5-31)42-21(38)16(35)14(18)33)8-41-19-13(6-32)43-22(39)17(36)15(19)34/h1-4,11-19,21-22,31-36,38-39H,5-8H2,(H,28,37)/t12-,13-,14-,15-,16+,17+,18+,19+,21+,22+/m0/s1. The lowest BCUT2D eigenvalue weighted by atomic mass is 9.99. The maximum atomic E-state index is 13.3. The number of amides is 1. The number of alkyl halides is 3. The van der Waals surface area contributed by atoms with Gasteiger partial charge in [-0.05, 0) is 12.1 Å². The summed E-state index contributed by atoms with van der Waals surface area (Å²) in [5, 5.41) is 87.9. The predicted molar refractivity (Wildman–Crippen MR) is 130 cm³/mol. The fourth-order valence-corrected chi connectivity index (χ4v) is 4.70. The fourth-order valence-electron chi connectivity index (χ4n) is 4.70. The SMILES string of the molecule is O=C(NC(CO[C@H]1[C@@H](O)[C@@H](O)[C@H](O)O[C@H]1CO)CO[C@H]1[C@@H](O)[C@@H](O)[C@H](O)O[C@H]1CO)c1ccc(C2(C(F)(F)F)N=N2)cc1. The second kappa shape index (κ2) is 13.3. The average Bonchev–Trinajstić information content (AvgIpc) is 3.80. The largest absolute Gasteiger partial charge is 0.442 e. The number of rotatable bonds is 11. The Kier molecular flexibility index (Phi) is 10.4. The Balaban J connectivity index is 1.48. The van der Waals surface area contributed by atoms with Crippen molar-refractivity contribution in [2.75, 3.05) is 26.4 Å². The number of aliphatic hydroxyl groups excluding tert-OH is 8. The molecular weight excluding hydrogens is 595 g/mol. The molecule has 0 bridgehead atoms. The van der Waals surface area contributed by atoms with Gasteiger partial charge in [0.05, 0.1) is 32.5 Å². The van der Waals surface area contributed by atoms with E-state index in [0.717, 1.165) is 24.3 Å². The first kappa shape index (κ1) is 33.5. The van der Waals surface area contributed by atoms with E-state index in [0.29, 0.717) is 0 Å². The molecule has 0 aromatic heterocycles. The molecule has 19 heteroatoms. The molecule has 1 aromatic carbocycles. The molecule has 2 fully saturated rings. The number of hydrogen-bond donors (Lipinski definition) is 9. The molecule has 242 valence electrons. The van der Waals surface area contributed by atoms with E-state index in [4.69, 9.17) is 18.9 Å². The van der Waals surface area contributed by atoms with Crippen LogP contribution in [0.1, 0.15) is 15.9 Å². The monoisotopic (exact) mass is 627 g/mol. The van der Waals surface area contributed by atoms with Gasteiger partial charge in [0.2, 0.25) is 0 Å². The summed E-state index contributed by atoms with van der Waals surface area (Å²) in [5.74, 6) is -0.835. The molecule has 0 unspecified atom stereocenters. The molecule has 0 spiro atoms. The number of nitrogens with zero attached hydrogens (tertiary/aromatic N) is 2. The number of hydrogen-bond acceptors (Lipinski definition) is 15. The van der Waals surface area contributed by atoms with Gasteiger partial charge >= 0.3 is 11.8 Å². The number of benzene rings is 1. The van der Waals surface area contributed by atoms with Crippen LogP contribution in [-0.2, 0) is 24.6 Å². The molecule has 9 N–H and O–H groups in total. The summed E-state index contributed by atoms with van der Waals surface area (Å²) >= 11 is 0. The van der Waals surface area contributed by atoms with E-state index in [-0.39, 0.29) is 11.1 Å². The summed E-state index contributed by atoms with van der Waals surface area (Å²) in [6.07, 6.45) is -21.0. The van der Waals surface area contributed by atoms with E-state index < -0.39 is 112 Å². The van der Waals surface area contributed by atoms with Crippen molar-refractivity contribution in [3.63, 3.8) is 0 Å². The number of aliphatic hydroxyl groups is 8. The van der Waals surface area contributed by atoms with E-state index >= 15 is 0 Å². The van der Waals surface area contributed by atoms with Crippen molar-refractivity contribution >= 4 is 5.91 Å². The Labute approximate surface area is 240 Å². The summed E-state index contributed by atoms with van der Waals surface area (Å²) in [6.45, 7) is -2.54. The van der Waals surface area contributed by atoms with Crippen LogP contribution in [0, 0.1) is 0 Å². The molecule has 0 radical (unpaired) electrons. The number of carbonyl (C=O) groups is 1. The maximum absolute atomic E-state index is 13.3. The number of nitrogens with one attached hydrogen (secondary N) is 1. The van der Waals surface area contributed by atoms with Crippen molar-refractivity contribution < 1.29 is 77.8 Å². The quantitative estimate of drug-likeness (QED) is 0.116. The molecule has 2 saturated heterocycles. The summed E-state index contributed by atoms with van der Waals surface area (Å²) in [6, 6.07) is 3.04. The highest BCUT2D eigenvalue weighted by atomic mass is 19.4. The van der Waals surface area contributed by atoms with Gasteiger partial charge in [-0.15, -0.1) is 10.2 Å². The minimum Gasteiger partial charge on any atom is -0.394 e. The molecule has 3 heterocycles.